The molecule has 1 aromatic carbocycles. The molecule has 3 rings (SSSR count). The minimum Gasteiger partial charge on any atom is -0.404 e. The molecule has 1 aromatic heterocycles. The Morgan fingerprint density at radius 2 is 1.88 bits per heavy atom. The fourth-order valence-electron chi connectivity index (χ4n) is 3.44. The van der Waals surface area contributed by atoms with Crippen LogP contribution in [0.5, 0.6) is 0 Å². The third-order valence-electron chi connectivity index (χ3n) is 5.10. The maximum Gasteiger partial charge on any atom is 0.204 e. The monoisotopic (exact) mass is 468 g/mol. The van der Waals surface area contributed by atoms with Gasteiger partial charge in [-0.05, 0) is 74.5 Å². The number of methoxy groups -OCH3 is 1. The summed E-state index contributed by atoms with van der Waals surface area (Å²) in [5.74, 6) is 0. The van der Waals surface area contributed by atoms with Gasteiger partial charge in [0.15, 0.2) is 6.29 Å². The average Bonchev–Trinajstić information content (AvgIpc) is 3.33. The van der Waals surface area contributed by atoms with Crippen LogP contribution in [-0.4, -0.2) is 58.1 Å². The molecule has 1 aliphatic heterocycles. The summed E-state index contributed by atoms with van der Waals surface area (Å²) in [5, 5.41) is 2.75. The molecule has 2 aromatic rings. The number of nitrogens with zero attached hydrogens (tertiary/aromatic N) is 2. The Morgan fingerprint density at radius 1 is 1.21 bits per heavy atom. The zero-order chi connectivity index (χ0) is 25.5. The van der Waals surface area contributed by atoms with E-state index in [4.69, 9.17) is 21.0 Å². The zero-order valence-corrected chi connectivity index (χ0v) is 20.3. The summed E-state index contributed by atoms with van der Waals surface area (Å²) in [7, 11) is 5.51. The van der Waals surface area contributed by atoms with Crippen LogP contribution in [0.1, 0.15) is 33.6 Å². The first-order valence-electron chi connectivity index (χ1n) is 10.8. The molecule has 1 amide bonds. The number of carbonyl (C=O) groups excluding carboxylic acids is 2. The fraction of sp³-hybridized carbons (Fsp3) is 0.320. The number of hydrogen-bond donors (Lipinski definition) is 4. The first kappa shape index (κ1) is 28.3. The molecule has 0 aliphatic carbocycles. The second-order valence-corrected chi connectivity index (χ2v) is 7.54. The maximum atomic E-state index is 11.0. The molecule has 1 atom stereocenters. The van der Waals surface area contributed by atoms with Crippen molar-refractivity contribution in [3.05, 3.63) is 71.2 Å². The summed E-state index contributed by atoms with van der Waals surface area (Å²) < 4.78 is 5.47. The lowest BCUT2D eigenvalue weighted by Crippen LogP contribution is -2.22. The van der Waals surface area contributed by atoms with E-state index in [9.17, 15) is 4.79 Å². The van der Waals surface area contributed by atoms with Crippen molar-refractivity contribution < 1.29 is 14.3 Å². The predicted octanol–water partition coefficient (Wildman–Crippen LogP) is 1.66. The number of carbonyl (C=O) groups is 2. The Bertz CT molecular complexity index is 990. The number of nitrogens with two attached hydrogens (primary N) is 3. The van der Waals surface area contributed by atoms with E-state index in [2.05, 4.69) is 39.1 Å². The van der Waals surface area contributed by atoms with Crippen molar-refractivity contribution in [3.8, 4) is 0 Å². The second-order valence-electron chi connectivity index (χ2n) is 7.54. The molecule has 1 unspecified atom stereocenters. The van der Waals surface area contributed by atoms with Gasteiger partial charge in [-0.2, -0.15) is 0 Å². The number of ether oxygens (including phenoxy) is 1. The van der Waals surface area contributed by atoms with E-state index in [-0.39, 0.29) is 12.5 Å². The molecule has 1 aliphatic rings. The van der Waals surface area contributed by atoms with Crippen LogP contribution < -0.4 is 27.4 Å². The van der Waals surface area contributed by atoms with Crippen LogP contribution in [0, 0.1) is 6.92 Å². The molecule has 7 N–H and O–H groups in total. The van der Waals surface area contributed by atoms with E-state index >= 15 is 0 Å². The number of aromatic nitrogens is 1. The molecule has 9 nitrogen and oxygen atoms in total. The maximum absolute atomic E-state index is 11.0. The molecule has 1 fully saturated rings. The number of amides is 1. The summed E-state index contributed by atoms with van der Waals surface area (Å²) in [5.41, 5.74) is 22.1. The summed E-state index contributed by atoms with van der Waals surface area (Å²) >= 11 is 0. The Morgan fingerprint density at radius 3 is 2.44 bits per heavy atom. The van der Waals surface area contributed by atoms with Gasteiger partial charge in [-0.1, -0.05) is 6.07 Å². The Labute approximate surface area is 201 Å². The van der Waals surface area contributed by atoms with E-state index in [1.165, 1.54) is 6.20 Å². The average molecular weight is 469 g/mol. The lowest BCUT2D eigenvalue weighted by atomic mass is 10.0. The minimum atomic E-state index is 0.250. The number of primary amides is 1. The van der Waals surface area contributed by atoms with Crippen LogP contribution >= 0.6 is 0 Å². The second kappa shape index (κ2) is 15.2. The van der Waals surface area contributed by atoms with Gasteiger partial charge in [0.2, 0.25) is 6.41 Å². The highest BCUT2D eigenvalue weighted by Crippen LogP contribution is 2.28. The van der Waals surface area contributed by atoms with Gasteiger partial charge >= 0.3 is 0 Å². The molecule has 2 heterocycles. The molecule has 9 heteroatoms. The molecular formula is C25H36N6O3. The van der Waals surface area contributed by atoms with Gasteiger partial charge in [0, 0.05) is 49.5 Å². The smallest absolute Gasteiger partial charge is 0.204 e. The van der Waals surface area contributed by atoms with Gasteiger partial charge < -0.3 is 32.2 Å². The number of hydrogen-bond acceptors (Lipinski definition) is 8. The largest absolute Gasteiger partial charge is 0.404 e. The molecule has 0 spiro atoms. The van der Waals surface area contributed by atoms with Crippen molar-refractivity contribution in [1.29, 1.82) is 0 Å². The normalized spacial score (nSPS) is 15.5. The van der Waals surface area contributed by atoms with E-state index in [0.717, 1.165) is 47.5 Å². The van der Waals surface area contributed by atoms with Gasteiger partial charge in [-0.3, -0.25) is 14.6 Å². The van der Waals surface area contributed by atoms with Crippen molar-refractivity contribution in [3.63, 3.8) is 0 Å². The Balaban J connectivity index is 0.000000872. The number of allylic oxidation sites excluding steroid dienone is 2. The summed E-state index contributed by atoms with van der Waals surface area (Å²) in [6, 6.07) is 9.79. The summed E-state index contributed by atoms with van der Waals surface area (Å²) in [4.78, 5) is 25.9. The molecule has 0 bridgehead atoms. The quantitative estimate of drug-likeness (QED) is 0.369. The Hall–Kier alpha value is -3.69. The first-order chi connectivity index (χ1) is 16.4. The van der Waals surface area contributed by atoms with Gasteiger partial charge in [0.05, 0.1) is 6.10 Å². The highest BCUT2D eigenvalue weighted by Gasteiger charge is 2.22. The number of pyridine rings is 1. The first-order valence-corrected chi connectivity index (χ1v) is 10.8. The zero-order valence-electron chi connectivity index (χ0n) is 20.3. The number of nitrogens with one attached hydrogen (secondary N) is 1. The van der Waals surface area contributed by atoms with Gasteiger partial charge in [-0.15, -0.1) is 0 Å². The predicted molar refractivity (Wildman–Crippen MR) is 138 cm³/mol. The number of anilines is 1. The van der Waals surface area contributed by atoms with Crippen LogP contribution in [0.2, 0.25) is 0 Å². The Kier molecular flexibility index (Phi) is 12.7. The molecular weight excluding hydrogens is 432 g/mol. The van der Waals surface area contributed by atoms with Crippen molar-refractivity contribution in [2.24, 2.45) is 17.2 Å². The van der Waals surface area contributed by atoms with Crippen LogP contribution in [0.3, 0.4) is 0 Å². The third-order valence-corrected chi connectivity index (χ3v) is 5.10. The topological polar surface area (TPSA) is 150 Å². The van der Waals surface area contributed by atoms with Crippen molar-refractivity contribution in [2.45, 2.75) is 19.4 Å². The minimum absolute atomic E-state index is 0.250. The van der Waals surface area contributed by atoms with E-state index in [0.29, 0.717) is 17.7 Å². The van der Waals surface area contributed by atoms with E-state index in [1.807, 2.05) is 27.1 Å². The lowest BCUT2D eigenvalue weighted by Gasteiger charge is -2.20. The van der Waals surface area contributed by atoms with Gasteiger partial charge in [-0.25, -0.2) is 0 Å². The van der Waals surface area contributed by atoms with Crippen LogP contribution in [0.15, 0.2) is 48.8 Å². The summed E-state index contributed by atoms with van der Waals surface area (Å²) in [6.45, 7) is 3.87. The van der Waals surface area contributed by atoms with Crippen molar-refractivity contribution in [2.75, 3.05) is 39.2 Å². The molecule has 0 radical (unpaired) electrons. The fourth-order valence-corrected chi connectivity index (χ4v) is 3.44. The summed E-state index contributed by atoms with van der Waals surface area (Å²) in [6.07, 6.45) is 7.15. The number of rotatable bonds is 6. The third kappa shape index (κ3) is 8.34. The van der Waals surface area contributed by atoms with E-state index < -0.39 is 0 Å². The molecule has 184 valence electrons. The van der Waals surface area contributed by atoms with Gasteiger partial charge in [0.1, 0.15) is 5.69 Å². The van der Waals surface area contributed by atoms with Crippen molar-refractivity contribution in [1.82, 2.24) is 10.3 Å². The highest BCUT2D eigenvalue weighted by molar-refractivity contribution is 5.85. The number of aldehydes is 1. The number of aryl methyl sites for hydroxylation is 1. The number of benzene rings is 1. The van der Waals surface area contributed by atoms with Crippen LogP contribution in [-0.2, 0) is 9.53 Å². The molecule has 1 saturated heterocycles. The van der Waals surface area contributed by atoms with Gasteiger partial charge in [0.25, 0.3) is 0 Å². The molecule has 0 saturated carbocycles. The standard InChI is InChI=1S/C22H26N4O2.C2H7N.CH3NO/c1-15-3-4-19(26-8-6-20(13-26)28-2)11-21(15)22(24)10-17(12-23)16-5-7-25-18(9-16)14-27;1-3-2;2-1-3/h3-5,7,9-12,14,20H,6,8,13,23-24H2,1-2H3;3H,1-2H3;1H,(H2,2,3)/b17-12+,22-10-;;. The SMILES string of the molecule is CNC.COC1CCN(c2ccc(C)c(/C(N)=C/C(=C\N)c3ccnc(C=O)c3)c2)C1.NC=O. The highest BCUT2D eigenvalue weighted by atomic mass is 16.5. The van der Waals surface area contributed by atoms with Crippen LogP contribution in [0.25, 0.3) is 11.3 Å². The van der Waals surface area contributed by atoms with Crippen LogP contribution in [0.4, 0.5) is 5.69 Å². The molecule has 34 heavy (non-hydrogen) atoms. The lowest BCUT2D eigenvalue weighted by molar-refractivity contribution is -0.106. The van der Waals surface area contributed by atoms with E-state index in [1.54, 1.807) is 25.4 Å². The van der Waals surface area contributed by atoms with Crippen molar-refractivity contribution >= 4 is 29.7 Å².